The molecule has 1 unspecified atom stereocenters. The van der Waals surface area contributed by atoms with Crippen LogP contribution < -0.4 is 5.32 Å². The molecular weight excluding hydrogens is 246 g/mol. The van der Waals surface area contributed by atoms with Crippen LogP contribution in [0.15, 0.2) is 24.3 Å². The molecule has 0 aliphatic rings. The van der Waals surface area contributed by atoms with Gasteiger partial charge >= 0.3 is 0 Å². The number of hydrogen-bond acceptors (Lipinski definition) is 2. The standard InChI is InChI=1S/C18H31NO/c1-7-20-13-17(14(2)3)19-12-15-8-10-16(11-9-15)18(4,5)6/h8-11,14,17,19H,7,12-13H2,1-6H3. The smallest absolute Gasteiger partial charge is 0.0622 e. The van der Waals surface area contributed by atoms with Crippen molar-refractivity contribution in [2.24, 2.45) is 5.92 Å². The van der Waals surface area contributed by atoms with Gasteiger partial charge in [0.05, 0.1) is 6.61 Å². The topological polar surface area (TPSA) is 21.3 Å². The Balaban J connectivity index is 2.55. The molecule has 0 radical (unpaired) electrons. The summed E-state index contributed by atoms with van der Waals surface area (Å²) in [4.78, 5) is 0. The minimum atomic E-state index is 0.224. The van der Waals surface area contributed by atoms with Crippen LogP contribution in [0, 0.1) is 5.92 Å². The Morgan fingerprint density at radius 2 is 1.70 bits per heavy atom. The molecule has 0 aliphatic carbocycles. The fraction of sp³-hybridized carbons (Fsp3) is 0.667. The number of ether oxygens (including phenoxy) is 1. The summed E-state index contributed by atoms with van der Waals surface area (Å²) in [5.74, 6) is 0.579. The lowest BCUT2D eigenvalue weighted by molar-refractivity contribution is 0.108. The van der Waals surface area contributed by atoms with Gasteiger partial charge in [0.2, 0.25) is 0 Å². The number of rotatable bonds is 7. The number of nitrogens with one attached hydrogen (secondary N) is 1. The molecule has 0 amide bonds. The van der Waals surface area contributed by atoms with Gasteiger partial charge in [0.15, 0.2) is 0 Å². The monoisotopic (exact) mass is 277 g/mol. The van der Waals surface area contributed by atoms with E-state index in [4.69, 9.17) is 4.74 Å². The highest BCUT2D eigenvalue weighted by atomic mass is 16.5. The quantitative estimate of drug-likeness (QED) is 0.809. The van der Waals surface area contributed by atoms with Gasteiger partial charge in [-0.25, -0.2) is 0 Å². The summed E-state index contributed by atoms with van der Waals surface area (Å²) in [7, 11) is 0. The lowest BCUT2D eigenvalue weighted by Crippen LogP contribution is -2.37. The van der Waals surface area contributed by atoms with Gasteiger partial charge in [-0.3, -0.25) is 0 Å². The van der Waals surface area contributed by atoms with Crippen molar-refractivity contribution in [2.75, 3.05) is 13.2 Å². The molecule has 1 aromatic carbocycles. The molecule has 0 bridgehead atoms. The van der Waals surface area contributed by atoms with E-state index in [0.717, 1.165) is 19.8 Å². The maximum atomic E-state index is 5.55. The van der Waals surface area contributed by atoms with Gasteiger partial charge in [-0.1, -0.05) is 58.9 Å². The van der Waals surface area contributed by atoms with Gasteiger partial charge in [0.25, 0.3) is 0 Å². The second kappa shape index (κ2) is 7.80. The third kappa shape index (κ3) is 5.64. The van der Waals surface area contributed by atoms with Crippen molar-refractivity contribution in [3.8, 4) is 0 Å². The average Bonchev–Trinajstić information content (AvgIpc) is 2.38. The molecule has 0 fully saturated rings. The molecule has 0 aromatic heterocycles. The van der Waals surface area contributed by atoms with Crippen LogP contribution >= 0.6 is 0 Å². The molecule has 1 N–H and O–H groups in total. The summed E-state index contributed by atoms with van der Waals surface area (Å²) in [5, 5.41) is 3.60. The van der Waals surface area contributed by atoms with Crippen LogP contribution in [-0.4, -0.2) is 19.3 Å². The number of hydrogen-bond donors (Lipinski definition) is 1. The van der Waals surface area contributed by atoms with Crippen molar-refractivity contribution in [1.29, 1.82) is 0 Å². The zero-order valence-corrected chi connectivity index (χ0v) is 14.0. The maximum Gasteiger partial charge on any atom is 0.0622 e. The summed E-state index contributed by atoms with van der Waals surface area (Å²) in [6.07, 6.45) is 0. The van der Waals surface area contributed by atoms with E-state index in [1.165, 1.54) is 11.1 Å². The molecular formula is C18H31NO. The molecule has 0 saturated heterocycles. The van der Waals surface area contributed by atoms with E-state index < -0.39 is 0 Å². The van der Waals surface area contributed by atoms with Crippen molar-refractivity contribution >= 4 is 0 Å². The minimum Gasteiger partial charge on any atom is -0.380 e. The van der Waals surface area contributed by atoms with Crippen LogP contribution in [0.1, 0.15) is 52.7 Å². The fourth-order valence-corrected chi connectivity index (χ4v) is 2.10. The summed E-state index contributed by atoms with van der Waals surface area (Å²) in [5.41, 5.74) is 2.94. The van der Waals surface area contributed by atoms with E-state index in [1.54, 1.807) is 0 Å². The molecule has 1 atom stereocenters. The van der Waals surface area contributed by atoms with Crippen LogP contribution in [0.3, 0.4) is 0 Å². The summed E-state index contributed by atoms with van der Waals surface area (Å²) < 4.78 is 5.55. The lowest BCUT2D eigenvalue weighted by Gasteiger charge is -2.23. The van der Waals surface area contributed by atoms with E-state index in [2.05, 4.69) is 64.2 Å². The third-order valence-corrected chi connectivity index (χ3v) is 3.69. The minimum absolute atomic E-state index is 0.224. The van der Waals surface area contributed by atoms with Gasteiger partial charge in [0, 0.05) is 19.2 Å². The molecule has 0 saturated carbocycles. The Hall–Kier alpha value is -0.860. The molecule has 0 spiro atoms. The molecule has 0 heterocycles. The van der Waals surface area contributed by atoms with Crippen LogP contribution in [0.4, 0.5) is 0 Å². The predicted molar refractivity (Wildman–Crippen MR) is 87.1 cm³/mol. The zero-order valence-electron chi connectivity index (χ0n) is 14.0. The first-order chi connectivity index (χ1) is 9.34. The summed E-state index contributed by atoms with van der Waals surface area (Å²) >= 11 is 0. The Labute approximate surface area is 124 Å². The van der Waals surface area contributed by atoms with Crippen LogP contribution in [0.2, 0.25) is 0 Å². The number of benzene rings is 1. The van der Waals surface area contributed by atoms with E-state index in [0.29, 0.717) is 12.0 Å². The van der Waals surface area contributed by atoms with Gasteiger partial charge in [0.1, 0.15) is 0 Å². The van der Waals surface area contributed by atoms with Crippen LogP contribution in [0.25, 0.3) is 0 Å². The maximum absolute atomic E-state index is 5.55. The molecule has 2 nitrogen and oxygen atoms in total. The molecule has 0 aliphatic heterocycles. The van der Waals surface area contributed by atoms with Crippen LogP contribution in [-0.2, 0) is 16.7 Å². The molecule has 1 rings (SSSR count). The van der Waals surface area contributed by atoms with Crippen molar-refractivity contribution in [3.63, 3.8) is 0 Å². The zero-order chi connectivity index (χ0) is 15.2. The highest BCUT2D eigenvalue weighted by Gasteiger charge is 2.14. The van der Waals surface area contributed by atoms with Crippen LogP contribution in [0.5, 0.6) is 0 Å². The van der Waals surface area contributed by atoms with E-state index in [-0.39, 0.29) is 5.41 Å². The van der Waals surface area contributed by atoms with E-state index in [9.17, 15) is 0 Å². The predicted octanol–water partition coefficient (Wildman–Crippen LogP) is 4.13. The van der Waals surface area contributed by atoms with E-state index >= 15 is 0 Å². The Kier molecular flexibility index (Phi) is 6.70. The molecule has 1 aromatic rings. The highest BCUT2D eigenvalue weighted by Crippen LogP contribution is 2.22. The third-order valence-electron chi connectivity index (χ3n) is 3.69. The lowest BCUT2D eigenvalue weighted by atomic mass is 9.87. The Morgan fingerprint density at radius 3 is 2.15 bits per heavy atom. The highest BCUT2D eigenvalue weighted by molar-refractivity contribution is 5.27. The first kappa shape index (κ1) is 17.2. The normalized spacial score (nSPS) is 13.8. The van der Waals surface area contributed by atoms with Crippen molar-refractivity contribution in [3.05, 3.63) is 35.4 Å². The first-order valence-electron chi connectivity index (χ1n) is 7.75. The van der Waals surface area contributed by atoms with E-state index in [1.807, 2.05) is 6.92 Å². The first-order valence-corrected chi connectivity index (χ1v) is 7.75. The van der Waals surface area contributed by atoms with Gasteiger partial charge in [-0.15, -0.1) is 0 Å². The van der Waals surface area contributed by atoms with Crippen molar-refractivity contribution in [1.82, 2.24) is 5.32 Å². The van der Waals surface area contributed by atoms with Gasteiger partial charge in [-0.2, -0.15) is 0 Å². The Bertz CT molecular complexity index is 375. The Morgan fingerprint density at radius 1 is 1.10 bits per heavy atom. The second-order valence-electron chi connectivity index (χ2n) is 6.84. The van der Waals surface area contributed by atoms with Crippen molar-refractivity contribution in [2.45, 2.75) is 59.5 Å². The second-order valence-corrected chi connectivity index (χ2v) is 6.84. The summed E-state index contributed by atoms with van der Waals surface area (Å²) in [6, 6.07) is 9.35. The largest absolute Gasteiger partial charge is 0.380 e. The fourth-order valence-electron chi connectivity index (χ4n) is 2.10. The molecule has 114 valence electrons. The van der Waals surface area contributed by atoms with Gasteiger partial charge < -0.3 is 10.1 Å². The SMILES string of the molecule is CCOCC(NCc1ccc(C(C)(C)C)cc1)C(C)C. The molecule has 20 heavy (non-hydrogen) atoms. The molecule has 2 heteroatoms. The average molecular weight is 277 g/mol. The van der Waals surface area contributed by atoms with Crippen molar-refractivity contribution < 1.29 is 4.74 Å². The summed E-state index contributed by atoms with van der Waals surface area (Å²) in [6.45, 7) is 15.7. The van der Waals surface area contributed by atoms with Gasteiger partial charge in [-0.05, 0) is 29.4 Å².